The molecule has 144 valence electrons. The molecule has 0 bridgehead atoms. The van der Waals surface area contributed by atoms with E-state index in [2.05, 4.69) is 47.4 Å². The van der Waals surface area contributed by atoms with Crippen LogP contribution in [-0.4, -0.2) is 47.2 Å². The molecule has 1 fully saturated rings. The number of quaternary nitrogens is 1. The Bertz CT molecular complexity index is 939. The lowest BCUT2D eigenvalue weighted by Gasteiger charge is -2.33. The highest BCUT2D eigenvalue weighted by Gasteiger charge is 2.27. The molecule has 1 amide bonds. The van der Waals surface area contributed by atoms with Crippen molar-refractivity contribution in [2.24, 2.45) is 0 Å². The van der Waals surface area contributed by atoms with E-state index in [0.717, 1.165) is 48.7 Å². The molecule has 2 heterocycles. The molecule has 1 aliphatic heterocycles. The molecular weight excluding hydrogens is 366 g/mol. The van der Waals surface area contributed by atoms with Crippen LogP contribution in [0.15, 0.2) is 71.8 Å². The Morgan fingerprint density at radius 1 is 1.04 bits per heavy atom. The SMILES string of the molecule is C[C@H](Sc1ccc2ccccc2n1)C(=O)N1CC[NH+](Cc2ccccc2)CC1. The van der Waals surface area contributed by atoms with Crippen molar-refractivity contribution >= 4 is 28.6 Å². The van der Waals surface area contributed by atoms with E-state index < -0.39 is 0 Å². The summed E-state index contributed by atoms with van der Waals surface area (Å²) in [4.78, 5) is 21.2. The summed E-state index contributed by atoms with van der Waals surface area (Å²) in [5.41, 5.74) is 2.34. The van der Waals surface area contributed by atoms with Gasteiger partial charge in [0.05, 0.1) is 42.0 Å². The van der Waals surface area contributed by atoms with Gasteiger partial charge in [-0.3, -0.25) is 4.79 Å². The lowest BCUT2D eigenvalue weighted by Crippen LogP contribution is -3.13. The zero-order valence-electron chi connectivity index (χ0n) is 16.2. The number of nitrogens with one attached hydrogen (secondary N) is 1. The molecule has 4 nitrogen and oxygen atoms in total. The lowest BCUT2D eigenvalue weighted by molar-refractivity contribution is -0.917. The van der Waals surface area contributed by atoms with Gasteiger partial charge >= 0.3 is 0 Å². The van der Waals surface area contributed by atoms with Crippen LogP contribution in [-0.2, 0) is 11.3 Å². The number of aromatic nitrogens is 1. The van der Waals surface area contributed by atoms with Crippen molar-refractivity contribution < 1.29 is 9.69 Å². The number of thioether (sulfide) groups is 1. The molecule has 0 radical (unpaired) electrons. The second kappa shape index (κ2) is 8.76. The first-order chi connectivity index (χ1) is 13.7. The van der Waals surface area contributed by atoms with Gasteiger partial charge in [0, 0.05) is 10.9 Å². The van der Waals surface area contributed by atoms with Gasteiger partial charge in [-0.2, -0.15) is 0 Å². The Morgan fingerprint density at radius 3 is 2.54 bits per heavy atom. The zero-order chi connectivity index (χ0) is 19.3. The summed E-state index contributed by atoms with van der Waals surface area (Å²) in [6.45, 7) is 6.70. The summed E-state index contributed by atoms with van der Waals surface area (Å²) in [6, 6.07) is 22.8. The number of fused-ring (bicyclic) bond motifs is 1. The van der Waals surface area contributed by atoms with Crippen molar-refractivity contribution in [3.05, 3.63) is 72.3 Å². The summed E-state index contributed by atoms with van der Waals surface area (Å²) in [5, 5.41) is 1.92. The summed E-state index contributed by atoms with van der Waals surface area (Å²) in [6.07, 6.45) is 0. The monoisotopic (exact) mass is 392 g/mol. The summed E-state index contributed by atoms with van der Waals surface area (Å²) < 4.78 is 0. The number of nitrogens with zero attached hydrogens (tertiary/aromatic N) is 2. The Morgan fingerprint density at radius 2 is 1.75 bits per heavy atom. The quantitative estimate of drug-likeness (QED) is 0.679. The van der Waals surface area contributed by atoms with Gasteiger partial charge in [0.25, 0.3) is 0 Å². The lowest BCUT2D eigenvalue weighted by atomic mass is 10.2. The molecule has 1 atom stereocenters. The maximum atomic E-state index is 12.9. The molecule has 0 aliphatic carbocycles. The molecule has 1 N–H and O–H groups in total. The first kappa shape index (κ1) is 19.0. The van der Waals surface area contributed by atoms with Crippen molar-refractivity contribution in [1.82, 2.24) is 9.88 Å². The van der Waals surface area contributed by atoms with E-state index >= 15 is 0 Å². The van der Waals surface area contributed by atoms with Crippen LogP contribution in [0.5, 0.6) is 0 Å². The van der Waals surface area contributed by atoms with E-state index in [9.17, 15) is 4.79 Å². The summed E-state index contributed by atoms with van der Waals surface area (Å²) in [7, 11) is 0. The topological polar surface area (TPSA) is 37.6 Å². The van der Waals surface area contributed by atoms with E-state index in [1.54, 1.807) is 16.7 Å². The van der Waals surface area contributed by atoms with Gasteiger partial charge in [0.15, 0.2) is 0 Å². The van der Waals surface area contributed by atoms with E-state index in [1.807, 2.05) is 36.1 Å². The number of rotatable bonds is 5. The van der Waals surface area contributed by atoms with Crippen LogP contribution < -0.4 is 4.90 Å². The minimum absolute atomic E-state index is 0.121. The van der Waals surface area contributed by atoms with Crippen molar-refractivity contribution in [2.75, 3.05) is 26.2 Å². The van der Waals surface area contributed by atoms with Gasteiger partial charge in [-0.1, -0.05) is 66.4 Å². The van der Waals surface area contributed by atoms with Crippen LogP contribution in [0, 0.1) is 0 Å². The van der Waals surface area contributed by atoms with Crippen LogP contribution in [0.4, 0.5) is 0 Å². The van der Waals surface area contributed by atoms with Gasteiger partial charge in [-0.15, -0.1) is 0 Å². The van der Waals surface area contributed by atoms with E-state index in [1.165, 1.54) is 5.56 Å². The first-order valence-corrected chi connectivity index (χ1v) is 10.8. The van der Waals surface area contributed by atoms with Crippen LogP contribution >= 0.6 is 11.8 Å². The number of pyridine rings is 1. The van der Waals surface area contributed by atoms with Crippen molar-refractivity contribution in [3.63, 3.8) is 0 Å². The molecule has 28 heavy (non-hydrogen) atoms. The average molecular weight is 393 g/mol. The predicted octanol–water partition coefficient (Wildman–Crippen LogP) is 2.64. The smallest absolute Gasteiger partial charge is 0.236 e. The number of benzene rings is 2. The highest BCUT2D eigenvalue weighted by atomic mass is 32.2. The Hall–Kier alpha value is -2.37. The van der Waals surface area contributed by atoms with Crippen LogP contribution in [0.2, 0.25) is 0 Å². The van der Waals surface area contributed by atoms with E-state index in [4.69, 9.17) is 0 Å². The molecule has 3 aromatic rings. The molecule has 1 aromatic heterocycles. The van der Waals surface area contributed by atoms with Crippen LogP contribution in [0.3, 0.4) is 0 Å². The normalized spacial score (nSPS) is 16.2. The van der Waals surface area contributed by atoms with Gasteiger partial charge in [0.2, 0.25) is 5.91 Å². The van der Waals surface area contributed by atoms with Crippen molar-refractivity contribution in [2.45, 2.75) is 23.7 Å². The fraction of sp³-hybridized carbons (Fsp3) is 0.304. The van der Waals surface area contributed by atoms with Gasteiger partial charge in [-0.25, -0.2) is 4.98 Å². The summed E-state index contributed by atoms with van der Waals surface area (Å²) >= 11 is 1.55. The van der Waals surface area contributed by atoms with E-state index in [0.29, 0.717) is 0 Å². The molecule has 1 aliphatic rings. The Labute approximate surface area is 170 Å². The number of amides is 1. The Kier molecular flexibility index (Phi) is 5.93. The van der Waals surface area contributed by atoms with Crippen molar-refractivity contribution in [1.29, 1.82) is 0 Å². The number of para-hydroxylation sites is 1. The van der Waals surface area contributed by atoms with Gasteiger partial charge in [0.1, 0.15) is 6.54 Å². The first-order valence-electron chi connectivity index (χ1n) is 9.88. The van der Waals surface area contributed by atoms with E-state index in [-0.39, 0.29) is 11.2 Å². The highest BCUT2D eigenvalue weighted by Crippen LogP contribution is 2.25. The standard InChI is InChI=1S/C23H25N3OS/c1-18(28-22-12-11-20-9-5-6-10-21(20)24-22)23(27)26-15-13-25(14-16-26)17-19-7-3-2-4-8-19/h2-12,18H,13-17H2,1H3/p+1/t18-/m0/s1. The number of piperazine rings is 1. The molecular formula is C23H26N3OS+. The molecule has 0 spiro atoms. The van der Waals surface area contributed by atoms with Gasteiger partial charge in [-0.05, 0) is 19.1 Å². The third-order valence-electron chi connectivity index (χ3n) is 5.30. The number of carbonyl (C=O) groups excluding carboxylic acids is 1. The second-order valence-corrected chi connectivity index (χ2v) is 8.70. The third-order valence-corrected chi connectivity index (χ3v) is 6.32. The Balaban J connectivity index is 1.31. The zero-order valence-corrected chi connectivity index (χ0v) is 17.0. The molecule has 2 aromatic carbocycles. The van der Waals surface area contributed by atoms with Crippen molar-refractivity contribution in [3.8, 4) is 0 Å². The number of hydrogen-bond donors (Lipinski definition) is 1. The minimum atomic E-state index is -0.121. The van der Waals surface area contributed by atoms with Gasteiger partial charge < -0.3 is 9.80 Å². The maximum absolute atomic E-state index is 12.9. The predicted molar refractivity (Wildman–Crippen MR) is 114 cm³/mol. The van der Waals surface area contributed by atoms with Crippen LogP contribution in [0.25, 0.3) is 10.9 Å². The molecule has 0 saturated carbocycles. The average Bonchev–Trinajstić information content (AvgIpc) is 2.74. The fourth-order valence-corrected chi connectivity index (χ4v) is 4.62. The largest absolute Gasteiger partial charge is 0.330 e. The number of carbonyl (C=O) groups is 1. The summed E-state index contributed by atoms with van der Waals surface area (Å²) in [5.74, 6) is 0.221. The molecule has 4 rings (SSSR count). The van der Waals surface area contributed by atoms with Crippen LogP contribution in [0.1, 0.15) is 12.5 Å². The fourth-order valence-electron chi connectivity index (χ4n) is 3.71. The second-order valence-electron chi connectivity index (χ2n) is 7.34. The molecule has 0 unspecified atom stereocenters. The molecule has 1 saturated heterocycles. The third kappa shape index (κ3) is 4.54. The number of hydrogen-bond acceptors (Lipinski definition) is 3. The maximum Gasteiger partial charge on any atom is 0.236 e. The highest BCUT2D eigenvalue weighted by molar-refractivity contribution is 8.00. The molecule has 5 heteroatoms. The minimum Gasteiger partial charge on any atom is -0.330 e.